The molecular weight excluding hydrogens is 174 g/mol. The molecule has 2 rings (SSSR count). The smallest absolute Gasteiger partial charge is 0.238 e. The minimum atomic E-state index is -2.74. The van der Waals surface area contributed by atoms with Crippen LogP contribution in [0, 0.1) is 13.8 Å². The first-order chi connectivity index (χ1) is 6.00. The highest BCUT2D eigenvalue weighted by Crippen LogP contribution is 2.40. The highest BCUT2D eigenvalue weighted by molar-refractivity contribution is 5.33. The van der Waals surface area contributed by atoms with Gasteiger partial charge in [-0.1, -0.05) is 0 Å². The van der Waals surface area contributed by atoms with Crippen molar-refractivity contribution in [2.24, 2.45) is 0 Å². The molecule has 1 aromatic rings. The average Bonchev–Trinajstić information content (AvgIpc) is 2.28. The van der Waals surface area contributed by atoms with Crippen LogP contribution in [0.4, 0.5) is 8.78 Å². The summed E-state index contributed by atoms with van der Waals surface area (Å²) in [6.07, 6.45) is 0.274. The van der Waals surface area contributed by atoms with Gasteiger partial charge in [-0.15, -0.1) is 0 Å². The molecule has 1 heterocycles. The Hall–Kier alpha value is -1.06. The van der Waals surface area contributed by atoms with E-state index >= 15 is 0 Å². The number of alkyl halides is 2. The first-order valence-corrected chi connectivity index (χ1v) is 4.23. The fourth-order valence-electron chi connectivity index (χ4n) is 1.74. The number of halogens is 2. The van der Waals surface area contributed by atoms with E-state index in [4.69, 9.17) is 0 Å². The summed E-state index contributed by atoms with van der Waals surface area (Å²) >= 11 is 0. The zero-order valence-electron chi connectivity index (χ0n) is 7.56. The minimum absolute atomic E-state index is 0.0579. The van der Waals surface area contributed by atoms with Crippen LogP contribution < -0.4 is 0 Å². The molecule has 0 radical (unpaired) electrons. The van der Waals surface area contributed by atoms with Crippen LogP contribution in [0.1, 0.15) is 29.2 Å². The lowest BCUT2D eigenvalue weighted by molar-refractivity contribution is -0.00614. The number of hydrogen-bond acceptors (Lipinski definition) is 2. The molecule has 0 spiro atoms. The van der Waals surface area contributed by atoms with E-state index in [1.807, 2.05) is 0 Å². The van der Waals surface area contributed by atoms with E-state index in [2.05, 4.69) is 9.97 Å². The maximum absolute atomic E-state index is 13.2. The molecule has 0 saturated heterocycles. The van der Waals surface area contributed by atoms with Gasteiger partial charge in [0.05, 0.1) is 0 Å². The molecule has 0 unspecified atom stereocenters. The van der Waals surface area contributed by atoms with Crippen molar-refractivity contribution < 1.29 is 8.78 Å². The van der Waals surface area contributed by atoms with Crippen LogP contribution in [-0.4, -0.2) is 9.97 Å². The average molecular weight is 184 g/mol. The molecular formula is C9H10F2N2. The van der Waals surface area contributed by atoms with Gasteiger partial charge >= 0.3 is 0 Å². The highest BCUT2D eigenvalue weighted by atomic mass is 19.3. The lowest BCUT2D eigenvalue weighted by atomic mass is 10.2. The number of aromatic nitrogens is 2. The van der Waals surface area contributed by atoms with Crippen LogP contribution in [0.15, 0.2) is 0 Å². The van der Waals surface area contributed by atoms with E-state index in [1.165, 1.54) is 0 Å². The summed E-state index contributed by atoms with van der Waals surface area (Å²) in [6.45, 7) is 3.40. The van der Waals surface area contributed by atoms with Crippen LogP contribution in [0.3, 0.4) is 0 Å². The lowest BCUT2D eigenvalue weighted by Crippen LogP contribution is -2.11. The number of fused-ring (bicyclic) bond motifs is 1. The number of nitrogens with zero attached hydrogens (tertiary/aromatic N) is 2. The van der Waals surface area contributed by atoms with Gasteiger partial charge in [0, 0.05) is 17.7 Å². The topological polar surface area (TPSA) is 25.8 Å². The molecule has 4 heteroatoms. The van der Waals surface area contributed by atoms with E-state index in [0.29, 0.717) is 23.5 Å². The summed E-state index contributed by atoms with van der Waals surface area (Å²) in [5.41, 5.74) is 1.27. The molecule has 0 aromatic carbocycles. The van der Waals surface area contributed by atoms with E-state index in [9.17, 15) is 8.78 Å². The van der Waals surface area contributed by atoms with Gasteiger partial charge in [-0.3, -0.25) is 0 Å². The van der Waals surface area contributed by atoms with Crippen molar-refractivity contribution in [1.29, 1.82) is 0 Å². The Morgan fingerprint density at radius 3 is 2.62 bits per heavy atom. The summed E-state index contributed by atoms with van der Waals surface area (Å²) in [5.74, 6) is -2.31. The quantitative estimate of drug-likeness (QED) is 0.617. The maximum atomic E-state index is 13.2. The first-order valence-electron chi connectivity index (χ1n) is 4.23. The standard InChI is InChI=1S/C9H10F2N2/c1-5-7-3-4-9(10,11)8(7)13-6(2)12-5/h3-4H2,1-2H3. The normalized spacial score (nSPS) is 18.8. The van der Waals surface area contributed by atoms with Gasteiger partial charge in [0.15, 0.2) is 0 Å². The molecule has 1 aromatic heterocycles. The zero-order valence-corrected chi connectivity index (χ0v) is 7.56. The van der Waals surface area contributed by atoms with Crippen molar-refractivity contribution in [3.8, 4) is 0 Å². The van der Waals surface area contributed by atoms with Gasteiger partial charge < -0.3 is 0 Å². The zero-order chi connectivity index (χ0) is 9.64. The third-order valence-electron chi connectivity index (χ3n) is 2.36. The second-order valence-electron chi connectivity index (χ2n) is 3.39. The summed E-state index contributed by atoms with van der Waals surface area (Å²) in [5, 5.41) is 0. The number of aryl methyl sites for hydroxylation is 2. The number of rotatable bonds is 0. The monoisotopic (exact) mass is 184 g/mol. The maximum Gasteiger partial charge on any atom is 0.290 e. The van der Waals surface area contributed by atoms with Crippen LogP contribution in [0.5, 0.6) is 0 Å². The van der Waals surface area contributed by atoms with Crippen molar-refractivity contribution in [2.45, 2.75) is 32.6 Å². The van der Waals surface area contributed by atoms with Crippen LogP contribution in [0.25, 0.3) is 0 Å². The SMILES string of the molecule is Cc1nc(C)c2c(n1)C(F)(F)CC2. The molecule has 0 atom stereocenters. The Morgan fingerprint density at radius 2 is 1.92 bits per heavy atom. The van der Waals surface area contributed by atoms with Crippen molar-refractivity contribution in [1.82, 2.24) is 9.97 Å². The minimum Gasteiger partial charge on any atom is -0.238 e. The summed E-state index contributed by atoms with van der Waals surface area (Å²) in [6, 6.07) is 0. The Balaban J connectivity index is 2.65. The first kappa shape index (κ1) is 8.53. The second-order valence-corrected chi connectivity index (χ2v) is 3.39. The molecule has 1 aliphatic rings. The molecule has 13 heavy (non-hydrogen) atoms. The number of hydrogen-bond donors (Lipinski definition) is 0. The third kappa shape index (κ3) is 1.20. The molecule has 0 amide bonds. The molecule has 2 nitrogen and oxygen atoms in total. The van der Waals surface area contributed by atoms with Crippen molar-refractivity contribution >= 4 is 0 Å². The van der Waals surface area contributed by atoms with Crippen molar-refractivity contribution in [2.75, 3.05) is 0 Å². The Labute approximate surface area is 75.0 Å². The molecule has 0 aliphatic heterocycles. The fourth-order valence-corrected chi connectivity index (χ4v) is 1.74. The third-order valence-corrected chi connectivity index (χ3v) is 2.36. The Kier molecular flexibility index (Phi) is 1.62. The molecule has 1 aliphatic carbocycles. The summed E-state index contributed by atoms with van der Waals surface area (Å²) < 4.78 is 26.4. The predicted octanol–water partition coefficient (Wildman–Crippen LogP) is 2.13. The second kappa shape index (κ2) is 2.47. The largest absolute Gasteiger partial charge is 0.290 e. The van der Waals surface area contributed by atoms with Gasteiger partial charge in [0.2, 0.25) is 0 Å². The van der Waals surface area contributed by atoms with Crippen molar-refractivity contribution in [3.63, 3.8) is 0 Å². The summed E-state index contributed by atoms with van der Waals surface area (Å²) in [7, 11) is 0. The lowest BCUT2D eigenvalue weighted by Gasteiger charge is -2.09. The summed E-state index contributed by atoms with van der Waals surface area (Å²) in [4.78, 5) is 7.87. The van der Waals surface area contributed by atoms with E-state index in [1.54, 1.807) is 13.8 Å². The van der Waals surface area contributed by atoms with Crippen LogP contribution in [-0.2, 0) is 12.3 Å². The van der Waals surface area contributed by atoms with E-state index in [-0.39, 0.29) is 12.1 Å². The van der Waals surface area contributed by atoms with Crippen LogP contribution >= 0.6 is 0 Å². The molecule has 70 valence electrons. The van der Waals surface area contributed by atoms with E-state index < -0.39 is 5.92 Å². The Morgan fingerprint density at radius 1 is 1.23 bits per heavy atom. The molecule has 0 N–H and O–H groups in total. The van der Waals surface area contributed by atoms with Gasteiger partial charge in [0.25, 0.3) is 5.92 Å². The predicted molar refractivity (Wildman–Crippen MR) is 43.7 cm³/mol. The van der Waals surface area contributed by atoms with Crippen LogP contribution in [0.2, 0.25) is 0 Å². The Bertz CT molecular complexity index is 361. The molecule has 0 saturated carbocycles. The molecule has 0 bridgehead atoms. The van der Waals surface area contributed by atoms with Gasteiger partial charge in [0.1, 0.15) is 11.5 Å². The fraction of sp³-hybridized carbons (Fsp3) is 0.556. The van der Waals surface area contributed by atoms with E-state index in [0.717, 1.165) is 0 Å². The van der Waals surface area contributed by atoms with Gasteiger partial charge in [-0.05, 0) is 20.3 Å². The van der Waals surface area contributed by atoms with Crippen molar-refractivity contribution in [3.05, 3.63) is 22.8 Å². The van der Waals surface area contributed by atoms with Gasteiger partial charge in [-0.25, -0.2) is 9.97 Å². The van der Waals surface area contributed by atoms with Gasteiger partial charge in [-0.2, -0.15) is 8.78 Å². The molecule has 0 fully saturated rings. The highest BCUT2D eigenvalue weighted by Gasteiger charge is 2.41.